The molecule has 114 valence electrons. The minimum Gasteiger partial charge on any atom is -0.478 e. The second kappa shape index (κ2) is 6.07. The number of carbonyl (C=O) groups is 2. The summed E-state index contributed by atoms with van der Waals surface area (Å²) < 4.78 is 26.2. The zero-order valence-electron chi connectivity index (χ0n) is 11.5. The van der Waals surface area contributed by atoms with E-state index >= 15 is 0 Å². The Hall–Kier alpha value is -2.18. The zero-order chi connectivity index (χ0) is 15.6. The monoisotopic (exact) mass is 298 g/mol. The van der Waals surface area contributed by atoms with Crippen molar-refractivity contribution in [3.8, 4) is 0 Å². The fraction of sp³-hybridized carbons (Fsp3) is 0.429. The highest BCUT2D eigenvalue weighted by Crippen LogP contribution is 2.33. The third-order valence-corrected chi connectivity index (χ3v) is 3.30. The standard InChI is InChI=1S/C14H16F2N2O3/c1-7(4-8-2-3-8)17-14(21)18-12-6-11(16)10(15)5-9(12)13(19)20/h5-8H,2-4H2,1H3,(H,19,20)(H2,17,18,21). The fourth-order valence-electron chi connectivity index (χ4n) is 2.12. The molecule has 21 heavy (non-hydrogen) atoms. The van der Waals surface area contributed by atoms with Crippen LogP contribution in [0.4, 0.5) is 19.3 Å². The van der Waals surface area contributed by atoms with E-state index < -0.39 is 29.2 Å². The molecule has 2 amide bonds. The summed E-state index contributed by atoms with van der Waals surface area (Å²) in [6.45, 7) is 1.83. The van der Waals surface area contributed by atoms with E-state index in [1.165, 1.54) is 0 Å². The van der Waals surface area contributed by atoms with Gasteiger partial charge in [-0.15, -0.1) is 0 Å². The predicted molar refractivity (Wildman–Crippen MR) is 72.3 cm³/mol. The van der Waals surface area contributed by atoms with Crippen molar-refractivity contribution in [3.63, 3.8) is 0 Å². The maximum atomic E-state index is 13.2. The van der Waals surface area contributed by atoms with Gasteiger partial charge in [-0.1, -0.05) is 12.8 Å². The lowest BCUT2D eigenvalue weighted by molar-refractivity contribution is 0.0697. The Morgan fingerprint density at radius 1 is 1.33 bits per heavy atom. The molecule has 1 aromatic carbocycles. The number of carboxylic acid groups (broad SMARTS) is 1. The van der Waals surface area contributed by atoms with Crippen LogP contribution in [0.15, 0.2) is 12.1 Å². The first-order chi connectivity index (χ1) is 9.86. The van der Waals surface area contributed by atoms with Gasteiger partial charge in [0.1, 0.15) is 0 Å². The Morgan fingerprint density at radius 2 is 1.95 bits per heavy atom. The molecule has 5 nitrogen and oxygen atoms in total. The molecular weight excluding hydrogens is 282 g/mol. The lowest BCUT2D eigenvalue weighted by Gasteiger charge is -2.15. The summed E-state index contributed by atoms with van der Waals surface area (Å²) in [5.74, 6) is -3.32. The van der Waals surface area contributed by atoms with Crippen LogP contribution in [-0.2, 0) is 0 Å². The molecule has 0 aromatic heterocycles. The first kappa shape index (κ1) is 15.2. The number of hydrogen-bond donors (Lipinski definition) is 3. The van der Waals surface area contributed by atoms with Gasteiger partial charge in [0.05, 0.1) is 11.3 Å². The normalized spacial score (nSPS) is 15.4. The van der Waals surface area contributed by atoms with E-state index in [0.29, 0.717) is 18.1 Å². The number of anilines is 1. The number of nitrogens with one attached hydrogen (secondary N) is 2. The van der Waals surface area contributed by atoms with Crippen molar-refractivity contribution in [1.82, 2.24) is 5.32 Å². The van der Waals surface area contributed by atoms with Crippen molar-refractivity contribution in [3.05, 3.63) is 29.3 Å². The van der Waals surface area contributed by atoms with Gasteiger partial charge in [-0.05, 0) is 25.3 Å². The Kier molecular flexibility index (Phi) is 4.40. The molecule has 1 aromatic rings. The molecule has 3 N–H and O–H groups in total. The van der Waals surface area contributed by atoms with Crippen molar-refractivity contribution < 1.29 is 23.5 Å². The van der Waals surface area contributed by atoms with Gasteiger partial charge in [0.2, 0.25) is 0 Å². The molecule has 2 rings (SSSR count). The highest BCUT2D eigenvalue weighted by molar-refractivity contribution is 6.00. The van der Waals surface area contributed by atoms with Crippen molar-refractivity contribution in [2.75, 3.05) is 5.32 Å². The minimum absolute atomic E-state index is 0.0731. The van der Waals surface area contributed by atoms with Gasteiger partial charge >= 0.3 is 12.0 Å². The number of carbonyl (C=O) groups excluding carboxylic acids is 1. The molecule has 1 aliphatic carbocycles. The quantitative estimate of drug-likeness (QED) is 0.782. The second-order valence-electron chi connectivity index (χ2n) is 5.30. The van der Waals surface area contributed by atoms with E-state index in [-0.39, 0.29) is 11.7 Å². The van der Waals surface area contributed by atoms with E-state index in [9.17, 15) is 18.4 Å². The van der Waals surface area contributed by atoms with Crippen molar-refractivity contribution in [1.29, 1.82) is 0 Å². The summed E-state index contributed by atoms with van der Waals surface area (Å²) in [5, 5.41) is 13.8. The number of amides is 2. The molecule has 1 fully saturated rings. The molecule has 7 heteroatoms. The molecule has 1 atom stereocenters. The van der Waals surface area contributed by atoms with Gasteiger partial charge in [0.15, 0.2) is 11.6 Å². The molecule has 1 unspecified atom stereocenters. The topological polar surface area (TPSA) is 78.4 Å². The first-order valence-corrected chi connectivity index (χ1v) is 6.66. The second-order valence-corrected chi connectivity index (χ2v) is 5.30. The largest absolute Gasteiger partial charge is 0.478 e. The maximum absolute atomic E-state index is 13.2. The Morgan fingerprint density at radius 3 is 2.52 bits per heavy atom. The van der Waals surface area contributed by atoms with Crippen molar-refractivity contribution in [2.24, 2.45) is 5.92 Å². The van der Waals surface area contributed by atoms with Gasteiger partial charge in [-0.2, -0.15) is 0 Å². The summed E-state index contributed by atoms with van der Waals surface area (Å²) in [5.41, 5.74) is -0.781. The first-order valence-electron chi connectivity index (χ1n) is 6.66. The van der Waals surface area contributed by atoms with E-state index in [0.717, 1.165) is 19.3 Å². The van der Waals surface area contributed by atoms with Crippen LogP contribution >= 0.6 is 0 Å². The Bertz CT molecular complexity index is 574. The molecule has 1 saturated carbocycles. The van der Waals surface area contributed by atoms with Gasteiger partial charge in [0, 0.05) is 12.1 Å². The molecule has 0 heterocycles. The third-order valence-electron chi connectivity index (χ3n) is 3.30. The summed E-state index contributed by atoms with van der Waals surface area (Å²) in [4.78, 5) is 22.7. The van der Waals surface area contributed by atoms with Crippen LogP contribution < -0.4 is 10.6 Å². The summed E-state index contributed by atoms with van der Waals surface area (Å²) >= 11 is 0. The summed E-state index contributed by atoms with van der Waals surface area (Å²) in [6, 6.07) is 0.484. The number of carboxylic acids is 1. The molecule has 0 bridgehead atoms. The van der Waals surface area contributed by atoms with Crippen LogP contribution in [0.5, 0.6) is 0 Å². The van der Waals surface area contributed by atoms with E-state index in [1.807, 2.05) is 6.92 Å². The highest BCUT2D eigenvalue weighted by atomic mass is 19.2. The number of rotatable bonds is 5. The fourth-order valence-corrected chi connectivity index (χ4v) is 2.12. The molecular formula is C14H16F2N2O3. The molecule has 0 spiro atoms. The number of urea groups is 1. The van der Waals surface area contributed by atoms with E-state index in [4.69, 9.17) is 5.11 Å². The van der Waals surface area contributed by atoms with Crippen LogP contribution in [0, 0.1) is 17.6 Å². The molecule has 0 aliphatic heterocycles. The maximum Gasteiger partial charge on any atom is 0.337 e. The average Bonchev–Trinajstić information content (AvgIpc) is 3.16. The predicted octanol–water partition coefficient (Wildman–Crippen LogP) is 2.97. The van der Waals surface area contributed by atoms with Crippen molar-refractivity contribution >= 4 is 17.7 Å². The van der Waals surface area contributed by atoms with Gasteiger partial charge < -0.3 is 15.7 Å². The molecule has 1 aliphatic rings. The van der Waals surface area contributed by atoms with Crippen LogP contribution in [0.3, 0.4) is 0 Å². The smallest absolute Gasteiger partial charge is 0.337 e. The van der Waals surface area contributed by atoms with Crippen LogP contribution in [0.2, 0.25) is 0 Å². The van der Waals surface area contributed by atoms with Gasteiger partial charge in [0.25, 0.3) is 0 Å². The SMILES string of the molecule is CC(CC1CC1)NC(=O)Nc1cc(F)c(F)cc1C(=O)O. The highest BCUT2D eigenvalue weighted by Gasteiger charge is 2.24. The zero-order valence-corrected chi connectivity index (χ0v) is 11.5. The number of aromatic carboxylic acids is 1. The minimum atomic E-state index is -1.45. The number of halogens is 2. The van der Waals surface area contributed by atoms with Crippen LogP contribution in [-0.4, -0.2) is 23.1 Å². The third kappa shape index (κ3) is 4.14. The Balaban J connectivity index is 2.05. The lowest BCUT2D eigenvalue weighted by Crippen LogP contribution is -2.36. The van der Waals surface area contributed by atoms with E-state index in [1.54, 1.807) is 0 Å². The summed E-state index contributed by atoms with van der Waals surface area (Å²) in [6.07, 6.45) is 3.15. The van der Waals surface area contributed by atoms with Crippen LogP contribution in [0.1, 0.15) is 36.5 Å². The lowest BCUT2D eigenvalue weighted by atomic mass is 10.1. The van der Waals surface area contributed by atoms with E-state index in [2.05, 4.69) is 10.6 Å². The van der Waals surface area contributed by atoms with Crippen molar-refractivity contribution in [2.45, 2.75) is 32.2 Å². The van der Waals surface area contributed by atoms with Gasteiger partial charge in [-0.25, -0.2) is 18.4 Å². The molecule has 0 radical (unpaired) electrons. The number of hydrogen-bond acceptors (Lipinski definition) is 2. The summed E-state index contributed by atoms with van der Waals surface area (Å²) in [7, 11) is 0. The average molecular weight is 298 g/mol. The van der Waals surface area contributed by atoms with Gasteiger partial charge in [-0.3, -0.25) is 0 Å². The molecule has 0 saturated heterocycles. The van der Waals surface area contributed by atoms with Crippen LogP contribution in [0.25, 0.3) is 0 Å². The number of benzene rings is 1. The Labute approximate surface area is 120 Å².